The molecule has 3 rings (SSSR count). The summed E-state index contributed by atoms with van der Waals surface area (Å²) in [4.78, 5) is -0.463. The van der Waals surface area contributed by atoms with Crippen LogP contribution in [0.4, 0.5) is 4.39 Å². The minimum absolute atomic E-state index is 0.0585. The molecule has 0 unspecified atom stereocenters. The molecule has 1 atom stereocenters. The average Bonchev–Trinajstić information content (AvgIpc) is 2.72. The monoisotopic (exact) mass is 411 g/mol. The number of para-hydroxylation sites is 1. The van der Waals surface area contributed by atoms with Crippen molar-refractivity contribution in [3.63, 3.8) is 0 Å². The highest BCUT2D eigenvalue weighted by Crippen LogP contribution is 2.33. The summed E-state index contributed by atoms with van der Waals surface area (Å²) in [6.45, 7) is 0.558. The first-order valence-corrected chi connectivity index (χ1v) is 10.1. The first-order valence-electron chi connectivity index (χ1n) is 8.67. The molecule has 1 fully saturated rings. The summed E-state index contributed by atoms with van der Waals surface area (Å²) >= 11 is 0. The highest BCUT2D eigenvalue weighted by Gasteiger charge is 2.34. The number of morpholine rings is 1. The van der Waals surface area contributed by atoms with Gasteiger partial charge in [0.2, 0.25) is 10.0 Å². The molecule has 2 aromatic rings. The van der Waals surface area contributed by atoms with E-state index in [1.54, 1.807) is 12.1 Å². The zero-order chi connectivity index (χ0) is 20.1. The van der Waals surface area contributed by atoms with Crippen LogP contribution in [0.15, 0.2) is 47.4 Å². The Morgan fingerprint density at radius 2 is 1.82 bits per heavy atom. The van der Waals surface area contributed by atoms with E-state index in [1.807, 2.05) is 18.2 Å². The SMILES string of the molecule is COc1cc(F)c(S(=O)(=O)N2CCO[C@@H](COc3ccccc3)C2)cc1OC. The van der Waals surface area contributed by atoms with Crippen LogP contribution in [0.3, 0.4) is 0 Å². The molecule has 0 amide bonds. The number of hydrogen-bond acceptors (Lipinski definition) is 6. The van der Waals surface area contributed by atoms with Gasteiger partial charge in [0.05, 0.1) is 20.8 Å². The van der Waals surface area contributed by atoms with Crippen LogP contribution in [0.1, 0.15) is 0 Å². The third-order valence-corrected chi connectivity index (χ3v) is 6.22. The molecule has 1 saturated heterocycles. The van der Waals surface area contributed by atoms with Crippen LogP contribution in [-0.2, 0) is 14.8 Å². The van der Waals surface area contributed by atoms with E-state index in [0.29, 0.717) is 5.75 Å². The lowest BCUT2D eigenvalue weighted by molar-refractivity contribution is -0.0249. The van der Waals surface area contributed by atoms with Crippen LogP contribution in [-0.4, -0.2) is 59.3 Å². The topological polar surface area (TPSA) is 74.3 Å². The third-order valence-electron chi connectivity index (χ3n) is 4.34. The molecule has 0 bridgehead atoms. The summed E-state index contributed by atoms with van der Waals surface area (Å²) in [5.41, 5.74) is 0. The van der Waals surface area contributed by atoms with E-state index in [-0.39, 0.29) is 37.8 Å². The van der Waals surface area contributed by atoms with E-state index in [4.69, 9.17) is 18.9 Å². The summed E-state index contributed by atoms with van der Waals surface area (Å²) in [5.74, 6) is 0.0213. The van der Waals surface area contributed by atoms with E-state index in [0.717, 1.165) is 12.1 Å². The molecule has 0 aromatic heterocycles. The largest absolute Gasteiger partial charge is 0.493 e. The molecule has 9 heteroatoms. The highest BCUT2D eigenvalue weighted by atomic mass is 32.2. The van der Waals surface area contributed by atoms with Crippen molar-refractivity contribution in [2.75, 3.05) is 40.5 Å². The van der Waals surface area contributed by atoms with E-state index >= 15 is 0 Å². The molecule has 1 heterocycles. The summed E-state index contributed by atoms with van der Waals surface area (Å²) in [6, 6.07) is 11.3. The zero-order valence-corrected chi connectivity index (χ0v) is 16.4. The second-order valence-electron chi connectivity index (χ2n) is 6.12. The number of hydrogen-bond donors (Lipinski definition) is 0. The number of halogens is 1. The first kappa shape index (κ1) is 20.4. The Morgan fingerprint density at radius 3 is 2.50 bits per heavy atom. The van der Waals surface area contributed by atoms with Crippen molar-refractivity contribution in [3.8, 4) is 17.2 Å². The quantitative estimate of drug-likeness (QED) is 0.696. The Hall–Kier alpha value is -2.36. The van der Waals surface area contributed by atoms with Gasteiger partial charge < -0.3 is 18.9 Å². The summed E-state index contributed by atoms with van der Waals surface area (Å²) in [6.07, 6.45) is -0.466. The fourth-order valence-corrected chi connectivity index (χ4v) is 4.41. The maximum Gasteiger partial charge on any atom is 0.246 e. The van der Waals surface area contributed by atoms with Crippen LogP contribution < -0.4 is 14.2 Å². The van der Waals surface area contributed by atoms with Crippen LogP contribution in [0.2, 0.25) is 0 Å². The molecule has 152 valence electrons. The fourth-order valence-electron chi connectivity index (χ4n) is 2.89. The minimum atomic E-state index is -4.08. The van der Waals surface area contributed by atoms with Gasteiger partial charge in [-0.15, -0.1) is 0 Å². The highest BCUT2D eigenvalue weighted by molar-refractivity contribution is 7.89. The lowest BCUT2D eigenvalue weighted by atomic mass is 10.3. The first-order chi connectivity index (χ1) is 13.5. The van der Waals surface area contributed by atoms with Crippen molar-refractivity contribution in [3.05, 3.63) is 48.3 Å². The number of rotatable bonds is 7. The van der Waals surface area contributed by atoms with Crippen molar-refractivity contribution >= 4 is 10.0 Å². The molecular formula is C19H22FNO6S. The van der Waals surface area contributed by atoms with Gasteiger partial charge >= 0.3 is 0 Å². The Balaban J connectivity index is 1.76. The Kier molecular flexibility index (Phi) is 6.38. The van der Waals surface area contributed by atoms with Crippen molar-refractivity contribution in [1.82, 2.24) is 4.31 Å². The maximum atomic E-state index is 14.5. The normalized spacial score (nSPS) is 17.9. The molecule has 7 nitrogen and oxygen atoms in total. The summed E-state index contributed by atoms with van der Waals surface area (Å²) in [7, 11) is -1.37. The minimum Gasteiger partial charge on any atom is -0.493 e. The molecule has 0 aliphatic carbocycles. The van der Waals surface area contributed by atoms with Crippen LogP contribution in [0.5, 0.6) is 17.2 Å². The molecule has 0 spiro atoms. The molecule has 0 radical (unpaired) electrons. The molecule has 28 heavy (non-hydrogen) atoms. The van der Waals surface area contributed by atoms with Gasteiger partial charge in [0, 0.05) is 25.2 Å². The number of methoxy groups -OCH3 is 2. The molecule has 2 aromatic carbocycles. The predicted octanol–water partition coefficient (Wildman–Crippen LogP) is 2.31. The van der Waals surface area contributed by atoms with E-state index < -0.39 is 26.8 Å². The second kappa shape index (κ2) is 8.76. The fraction of sp³-hybridized carbons (Fsp3) is 0.368. The summed E-state index contributed by atoms with van der Waals surface area (Å²) < 4.78 is 63.0. The smallest absolute Gasteiger partial charge is 0.246 e. The van der Waals surface area contributed by atoms with Gasteiger partial charge in [0.15, 0.2) is 11.5 Å². The van der Waals surface area contributed by atoms with Crippen molar-refractivity contribution < 1.29 is 31.8 Å². The average molecular weight is 411 g/mol. The number of sulfonamides is 1. The Morgan fingerprint density at radius 1 is 1.14 bits per heavy atom. The number of nitrogens with zero attached hydrogens (tertiary/aromatic N) is 1. The van der Waals surface area contributed by atoms with Gasteiger partial charge in [-0.25, -0.2) is 12.8 Å². The lowest BCUT2D eigenvalue weighted by Gasteiger charge is -2.32. The molecular weight excluding hydrogens is 389 g/mol. The second-order valence-corrected chi connectivity index (χ2v) is 8.02. The lowest BCUT2D eigenvalue weighted by Crippen LogP contribution is -2.47. The molecule has 1 aliphatic heterocycles. The van der Waals surface area contributed by atoms with E-state index in [2.05, 4.69) is 0 Å². The zero-order valence-electron chi connectivity index (χ0n) is 15.6. The van der Waals surface area contributed by atoms with Gasteiger partial charge in [0.1, 0.15) is 29.2 Å². The van der Waals surface area contributed by atoms with Crippen LogP contribution in [0, 0.1) is 5.82 Å². The van der Waals surface area contributed by atoms with Crippen molar-refractivity contribution in [2.45, 2.75) is 11.0 Å². The van der Waals surface area contributed by atoms with Crippen molar-refractivity contribution in [2.24, 2.45) is 0 Å². The van der Waals surface area contributed by atoms with Crippen LogP contribution in [0.25, 0.3) is 0 Å². The molecule has 0 saturated carbocycles. The van der Waals surface area contributed by atoms with Gasteiger partial charge in [-0.1, -0.05) is 18.2 Å². The molecule has 1 aliphatic rings. The summed E-state index contributed by atoms with van der Waals surface area (Å²) in [5, 5.41) is 0. The maximum absolute atomic E-state index is 14.5. The van der Waals surface area contributed by atoms with Gasteiger partial charge in [-0.3, -0.25) is 0 Å². The van der Waals surface area contributed by atoms with Crippen LogP contribution >= 0.6 is 0 Å². The van der Waals surface area contributed by atoms with E-state index in [9.17, 15) is 12.8 Å². The standard InChI is InChI=1S/C19H22FNO6S/c1-24-17-10-16(20)19(11-18(17)25-2)28(22,23)21-8-9-26-15(12-21)13-27-14-6-4-3-5-7-14/h3-7,10-11,15H,8-9,12-13H2,1-2H3/t15-/m1/s1. The van der Waals surface area contributed by atoms with Gasteiger partial charge in [0.25, 0.3) is 0 Å². The predicted molar refractivity (Wildman–Crippen MR) is 99.9 cm³/mol. The van der Waals surface area contributed by atoms with E-state index in [1.165, 1.54) is 18.5 Å². The van der Waals surface area contributed by atoms with Gasteiger partial charge in [-0.05, 0) is 12.1 Å². The van der Waals surface area contributed by atoms with Crippen molar-refractivity contribution in [1.29, 1.82) is 0 Å². The molecule has 0 N–H and O–H groups in total. The Labute approximate surface area is 163 Å². The third kappa shape index (κ3) is 4.37. The number of ether oxygens (including phenoxy) is 4. The van der Waals surface area contributed by atoms with Gasteiger partial charge in [-0.2, -0.15) is 4.31 Å². The number of benzene rings is 2. The Bertz CT molecular complexity index is 906.